The van der Waals surface area contributed by atoms with Crippen molar-refractivity contribution in [1.82, 2.24) is 15.5 Å². The lowest BCUT2D eigenvalue weighted by Gasteiger charge is -2.39. The molecule has 0 aliphatic carbocycles. The zero-order valence-corrected chi connectivity index (χ0v) is 15.6. The monoisotopic (exact) mass is 366 g/mol. The van der Waals surface area contributed by atoms with Crippen LogP contribution in [-0.4, -0.2) is 49.6 Å². The van der Waals surface area contributed by atoms with E-state index in [9.17, 15) is 9.59 Å². The molecule has 2 aromatic rings. The number of carbonyl (C=O) groups excluding carboxylic acids is 2. The van der Waals surface area contributed by atoms with Crippen LogP contribution in [0.4, 0.5) is 10.5 Å². The van der Waals surface area contributed by atoms with Gasteiger partial charge in [0.25, 0.3) is 0 Å². The molecule has 0 spiro atoms. The van der Waals surface area contributed by atoms with Crippen LogP contribution >= 0.6 is 0 Å². The number of hydrogen-bond acceptors (Lipinski definition) is 4. The highest BCUT2D eigenvalue weighted by Gasteiger charge is 2.31. The summed E-state index contributed by atoms with van der Waals surface area (Å²) in [5, 5.41) is 5.09. The van der Waals surface area contributed by atoms with Gasteiger partial charge >= 0.3 is 6.03 Å². The van der Waals surface area contributed by atoms with Crippen LogP contribution in [0.1, 0.15) is 18.5 Å². The third-order valence-corrected chi connectivity index (χ3v) is 4.74. The maximum Gasteiger partial charge on any atom is 0.321 e. The van der Waals surface area contributed by atoms with Crippen molar-refractivity contribution in [2.45, 2.75) is 13.0 Å². The number of nitrogens with zero attached hydrogens (tertiary/aromatic N) is 2. The number of imide groups is 1. The lowest BCUT2D eigenvalue weighted by molar-refractivity contribution is -0.125. The van der Waals surface area contributed by atoms with Crippen molar-refractivity contribution in [3.8, 4) is 0 Å². The molecule has 0 aromatic heterocycles. The molecular weight excluding hydrogens is 340 g/mol. The fraction of sp³-hybridized carbons (Fsp3) is 0.333. The van der Waals surface area contributed by atoms with Crippen LogP contribution in [0, 0.1) is 0 Å². The highest BCUT2D eigenvalue weighted by Crippen LogP contribution is 2.24. The molecule has 2 aromatic carbocycles. The minimum atomic E-state index is -0.480. The van der Waals surface area contributed by atoms with E-state index in [0.29, 0.717) is 6.54 Å². The van der Waals surface area contributed by atoms with Crippen molar-refractivity contribution in [2.75, 3.05) is 37.6 Å². The Kier molecular flexibility index (Phi) is 6.44. The van der Waals surface area contributed by atoms with Crippen molar-refractivity contribution in [3.63, 3.8) is 0 Å². The van der Waals surface area contributed by atoms with E-state index in [0.717, 1.165) is 31.7 Å². The van der Waals surface area contributed by atoms with Gasteiger partial charge < -0.3 is 10.2 Å². The standard InChI is InChI=1S/C21H26N4O2/c1-2-22-21(27)23-20(26)19(17-9-5-3-6-10-17)25-15-13-24(14-16-25)18-11-7-4-8-12-18/h3-12,19H,2,13-16H2,1H3,(H2,22,23,26,27)/t19-/m1/s1. The number of hydrogen-bond donors (Lipinski definition) is 2. The highest BCUT2D eigenvalue weighted by atomic mass is 16.2. The lowest BCUT2D eigenvalue weighted by atomic mass is 10.0. The molecule has 0 unspecified atom stereocenters. The average molecular weight is 366 g/mol. The Morgan fingerprint density at radius 2 is 1.52 bits per heavy atom. The number of carbonyl (C=O) groups is 2. The van der Waals surface area contributed by atoms with E-state index in [1.807, 2.05) is 55.5 Å². The molecule has 0 bridgehead atoms. The predicted molar refractivity (Wildman–Crippen MR) is 107 cm³/mol. The number of amides is 3. The minimum Gasteiger partial charge on any atom is -0.369 e. The number of piperazine rings is 1. The number of para-hydroxylation sites is 1. The van der Waals surface area contributed by atoms with E-state index in [2.05, 4.69) is 32.6 Å². The number of nitrogens with one attached hydrogen (secondary N) is 2. The third kappa shape index (κ3) is 4.86. The van der Waals surface area contributed by atoms with Gasteiger partial charge in [0.1, 0.15) is 6.04 Å². The van der Waals surface area contributed by atoms with Gasteiger partial charge in [-0.05, 0) is 24.6 Å². The van der Waals surface area contributed by atoms with Crippen molar-refractivity contribution in [3.05, 3.63) is 66.2 Å². The quantitative estimate of drug-likeness (QED) is 0.853. The van der Waals surface area contributed by atoms with E-state index >= 15 is 0 Å². The highest BCUT2D eigenvalue weighted by molar-refractivity contribution is 5.97. The molecule has 1 atom stereocenters. The Hall–Kier alpha value is -2.86. The molecule has 0 saturated carbocycles. The first-order valence-electron chi connectivity index (χ1n) is 9.36. The van der Waals surface area contributed by atoms with Crippen LogP contribution < -0.4 is 15.5 Å². The van der Waals surface area contributed by atoms with Gasteiger partial charge in [-0.25, -0.2) is 4.79 Å². The summed E-state index contributed by atoms with van der Waals surface area (Å²) in [6, 6.07) is 19.0. The fourth-order valence-corrected chi connectivity index (χ4v) is 3.43. The molecule has 2 N–H and O–H groups in total. The predicted octanol–water partition coefficient (Wildman–Crippen LogP) is 2.40. The minimum absolute atomic E-state index is 0.291. The van der Waals surface area contributed by atoms with Crippen molar-refractivity contribution in [2.24, 2.45) is 0 Å². The van der Waals surface area contributed by atoms with Crippen LogP contribution in [0.2, 0.25) is 0 Å². The largest absolute Gasteiger partial charge is 0.369 e. The Labute approximate surface area is 160 Å². The molecule has 27 heavy (non-hydrogen) atoms. The molecule has 6 heteroatoms. The maximum absolute atomic E-state index is 12.9. The first-order chi connectivity index (χ1) is 13.2. The van der Waals surface area contributed by atoms with Crippen molar-refractivity contribution in [1.29, 1.82) is 0 Å². The Morgan fingerprint density at radius 1 is 0.926 bits per heavy atom. The first-order valence-corrected chi connectivity index (χ1v) is 9.36. The van der Waals surface area contributed by atoms with Gasteiger partial charge in [0.2, 0.25) is 5.91 Å². The second-order valence-electron chi connectivity index (χ2n) is 6.52. The SMILES string of the molecule is CCNC(=O)NC(=O)[C@@H](c1ccccc1)N1CCN(c2ccccc2)CC1. The molecule has 1 fully saturated rings. The van der Waals surface area contributed by atoms with Crippen molar-refractivity contribution < 1.29 is 9.59 Å². The molecule has 1 aliphatic rings. The summed E-state index contributed by atoms with van der Waals surface area (Å²) in [4.78, 5) is 29.2. The number of benzene rings is 2. The van der Waals surface area contributed by atoms with Crippen LogP contribution in [0.25, 0.3) is 0 Å². The average Bonchev–Trinajstić information content (AvgIpc) is 2.70. The zero-order valence-electron chi connectivity index (χ0n) is 15.6. The van der Waals surface area contributed by atoms with E-state index in [1.165, 1.54) is 5.69 Å². The van der Waals surface area contributed by atoms with Gasteiger partial charge in [0.15, 0.2) is 0 Å². The van der Waals surface area contributed by atoms with Gasteiger partial charge in [-0.2, -0.15) is 0 Å². The Bertz CT molecular complexity index is 743. The first kappa shape index (κ1) is 18.9. The smallest absolute Gasteiger partial charge is 0.321 e. The van der Waals surface area contributed by atoms with Gasteiger partial charge in [-0.15, -0.1) is 0 Å². The Morgan fingerprint density at radius 3 is 2.11 bits per heavy atom. The molecule has 1 heterocycles. The topological polar surface area (TPSA) is 64.7 Å². The third-order valence-electron chi connectivity index (χ3n) is 4.74. The summed E-state index contributed by atoms with van der Waals surface area (Å²) in [7, 11) is 0. The van der Waals surface area contributed by atoms with Gasteiger partial charge in [0, 0.05) is 38.4 Å². The molecule has 1 saturated heterocycles. The van der Waals surface area contributed by atoms with E-state index in [1.54, 1.807) is 0 Å². The second-order valence-corrected chi connectivity index (χ2v) is 6.52. The number of anilines is 1. The number of rotatable bonds is 5. The molecular formula is C21H26N4O2. The molecule has 3 rings (SSSR count). The van der Waals surface area contributed by atoms with Crippen LogP contribution in [-0.2, 0) is 4.79 Å². The molecule has 142 valence electrons. The normalized spacial score (nSPS) is 15.8. The molecule has 1 aliphatic heterocycles. The maximum atomic E-state index is 12.9. The summed E-state index contributed by atoms with van der Waals surface area (Å²) in [5.41, 5.74) is 2.09. The van der Waals surface area contributed by atoms with E-state index < -0.39 is 12.1 Å². The zero-order chi connectivity index (χ0) is 19.1. The summed E-state index contributed by atoms with van der Waals surface area (Å²) in [6.45, 7) is 5.46. The summed E-state index contributed by atoms with van der Waals surface area (Å²) >= 11 is 0. The van der Waals surface area contributed by atoms with Gasteiger partial charge in [-0.1, -0.05) is 48.5 Å². The summed E-state index contributed by atoms with van der Waals surface area (Å²) in [5.74, 6) is -0.291. The Balaban J connectivity index is 1.72. The van der Waals surface area contributed by atoms with Crippen LogP contribution in [0.5, 0.6) is 0 Å². The summed E-state index contributed by atoms with van der Waals surface area (Å²) < 4.78 is 0. The van der Waals surface area contributed by atoms with Crippen LogP contribution in [0.15, 0.2) is 60.7 Å². The van der Waals surface area contributed by atoms with E-state index in [4.69, 9.17) is 0 Å². The van der Waals surface area contributed by atoms with Crippen LogP contribution in [0.3, 0.4) is 0 Å². The van der Waals surface area contributed by atoms with Gasteiger partial charge in [-0.3, -0.25) is 15.0 Å². The van der Waals surface area contributed by atoms with Gasteiger partial charge in [0.05, 0.1) is 0 Å². The lowest BCUT2D eigenvalue weighted by Crippen LogP contribution is -2.52. The number of urea groups is 1. The molecule has 3 amide bonds. The van der Waals surface area contributed by atoms with Crippen molar-refractivity contribution >= 4 is 17.6 Å². The fourth-order valence-electron chi connectivity index (χ4n) is 3.43. The molecule has 6 nitrogen and oxygen atoms in total. The summed E-state index contributed by atoms with van der Waals surface area (Å²) in [6.07, 6.45) is 0. The van der Waals surface area contributed by atoms with E-state index in [-0.39, 0.29) is 5.91 Å². The molecule has 0 radical (unpaired) electrons. The second kappa shape index (κ2) is 9.19.